The molecule has 0 saturated carbocycles. The summed E-state index contributed by atoms with van der Waals surface area (Å²) >= 11 is 0. The highest BCUT2D eigenvalue weighted by atomic mass is 19.4. The van der Waals surface area contributed by atoms with E-state index in [-0.39, 0.29) is 11.9 Å². The number of hydrogen-bond acceptors (Lipinski definition) is 2. The molecule has 0 radical (unpaired) electrons. The highest BCUT2D eigenvalue weighted by Crippen LogP contribution is 2.31. The largest absolute Gasteiger partial charge is 0.497 e. The van der Waals surface area contributed by atoms with Gasteiger partial charge in [0.15, 0.2) is 0 Å². The number of nitrogens with one attached hydrogen (secondary N) is 1. The van der Waals surface area contributed by atoms with Crippen LogP contribution in [0.15, 0.2) is 48.5 Å². The van der Waals surface area contributed by atoms with Gasteiger partial charge < -0.3 is 15.0 Å². The van der Waals surface area contributed by atoms with Crippen molar-refractivity contribution in [3.8, 4) is 5.75 Å². The number of likely N-dealkylation sites (tertiary alicyclic amines) is 1. The number of carbonyl (C=O) groups is 1. The summed E-state index contributed by atoms with van der Waals surface area (Å²) in [6.07, 6.45) is -3.55. The normalized spacial score (nSPS) is 17.2. The summed E-state index contributed by atoms with van der Waals surface area (Å²) in [7, 11) is 1.61. The second-order valence-electron chi connectivity index (χ2n) is 6.21. The SMILES string of the molecule is COc1ccc(C2CCN(C(=O)Nc3ccc(C(F)(F)F)cc3)C2)cc1. The third kappa shape index (κ3) is 4.09. The summed E-state index contributed by atoms with van der Waals surface area (Å²) in [5.74, 6) is 1.02. The first-order valence-electron chi connectivity index (χ1n) is 8.24. The third-order valence-electron chi connectivity index (χ3n) is 4.53. The van der Waals surface area contributed by atoms with Crippen molar-refractivity contribution in [1.29, 1.82) is 0 Å². The van der Waals surface area contributed by atoms with Crippen LogP contribution in [0.4, 0.5) is 23.7 Å². The predicted octanol–water partition coefficient (Wildman–Crippen LogP) is 4.74. The standard InChI is InChI=1S/C19H19F3N2O2/c1-26-17-8-2-13(3-9-17)14-10-11-24(12-14)18(25)23-16-6-4-15(5-7-16)19(20,21)22/h2-9,14H,10-12H2,1H3,(H,23,25). The van der Waals surface area contributed by atoms with Gasteiger partial charge in [0.1, 0.15) is 5.75 Å². The molecule has 0 bridgehead atoms. The van der Waals surface area contributed by atoms with Crippen molar-refractivity contribution in [2.24, 2.45) is 0 Å². The molecule has 138 valence electrons. The molecule has 1 N–H and O–H groups in total. The number of halogens is 3. The second kappa shape index (κ2) is 7.27. The molecular formula is C19H19F3N2O2. The van der Waals surface area contributed by atoms with Gasteiger partial charge >= 0.3 is 12.2 Å². The van der Waals surface area contributed by atoms with E-state index in [1.807, 2.05) is 24.3 Å². The highest BCUT2D eigenvalue weighted by Gasteiger charge is 2.30. The monoisotopic (exact) mass is 364 g/mol. The number of nitrogens with zero attached hydrogens (tertiary/aromatic N) is 1. The lowest BCUT2D eigenvalue weighted by atomic mass is 9.98. The number of methoxy groups -OCH3 is 1. The Morgan fingerprint density at radius 1 is 1.12 bits per heavy atom. The Kier molecular flexibility index (Phi) is 5.06. The molecule has 3 rings (SSSR count). The molecule has 26 heavy (non-hydrogen) atoms. The maximum atomic E-state index is 12.6. The van der Waals surface area contributed by atoms with Gasteiger partial charge in [0.25, 0.3) is 0 Å². The molecule has 1 aliphatic rings. The van der Waals surface area contributed by atoms with Gasteiger partial charge in [0.2, 0.25) is 0 Å². The number of ether oxygens (including phenoxy) is 1. The third-order valence-corrected chi connectivity index (χ3v) is 4.53. The van der Waals surface area contributed by atoms with Crippen LogP contribution in [0.5, 0.6) is 5.75 Å². The molecule has 7 heteroatoms. The van der Waals surface area contributed by atoms with E-state index in [4.69, 9.17) is 4.74 Å². The van der Waals surface area contributed by atoms with Gasteiger partial charge in [-0.2, -0.15) is 13.2 Å². The number of anilines is 1. The Morgan fingerprint density at radius 2 is 1.77 bits per heavy atom. The van der Waals surface area contributed by atoms with Gasteiger partial charge in [0, 0.05) is 24.7 Å². The van der Waals surface area contributed by atoms with Crippen molar-refractivity contribution in [1.82, 2.24) is 4.90 Å². The summed E-state index contributed by atoms with van der Waals surface area (Å²) in [6, 6.07) is 11.9. The zero-order chi connectivity index (χ0) is 18.7. The van der Waals surface area contributed by atoms with Gasteiger partial charge in [-0.15, -0.1) is 0 Å². The van der Waals surface area contributed by atoms with Crippen molar-refractivity contribution in [3.63, 3.8) is 0 Å². The van der Waals surface area contributed by atoms with Crippen LogP contribution in [0, 0.1) is 0 Å². The molecule has 0 aliphatic carbocycles. The van der Waals surface area contributed by atoms with Gasteiger partial charge in [-0.25, -0.2) is 4.79 Å². The Labute approximate surface area is 149 Å². The molecule has 1 unspecified atom stereocenters. The molecular weight excluding hydrogens is 345 g/mol. The van der Waals surface area contributed by atoms with E-state index in [0.29, 0.717) is 18.8 Å². The molecule has 1 heterocycles. The number of amides is 2. The number of rotatable bonds is 3. The summed E-state index contributed by atoms with van der Waals surface area (Å²) in [5, 5.41) is 2.65. The van der Waals surface area contributed by atoms with Crippen LogP contribution in [-0.2, 0) is 6.18 Å². The number of urea groups is 1. The van der Waals surface area contributed by atoms with Crippen molar-refractivity contribution < 1.29 is 22.7 Å². The fourth-order valence-corrected chi connectivity index (χ4v) is 3.04. The quantitative estimate of drug-likeness (QED) is 0.855. The van der Waals surface area contributed by atoms with Crippen LogP contribution in [-0.4, -0.2) is 31.1 Å². The van der Waals surface area contributed by atoms with Crippen LogP contribution in [0.3, 0.4) is 0 Å². The van der Waals surface area contributed by atoms with Crippen molar-refractivity contribution in [3.05, 3.63) is 59.7 Å². The Hall–Kier alpha value is -2.70. The minimum Gasteiger partial charge on any atom is -0.497 e. The van der Waals surface area contributed by atoms with Crippen molar-refractivity contribution >= 4 is 11.7 Å². The molecule has 1 fully saturated rings. The summed E-state index contributed by atoms with van der Waals surface area (Å²) < 4.78 is 42.9. The minimum atomic E-state index is -4.39. The van der Waals surface area contributed by atoms with Gasteiger partial charge in [-0.05, 0) is 48.4 Å². The first-order valence-corrected chi connectivity index (χ1v) is 8.24. The summed E-state index contributed by atoms with van der Waals surface area (Å²) in [4.78, 5) is 14.0. The molecule has 4 nitrogen and oxygen atoms in total. The van der Waals surface area contributed by atoms with E-state index in [1.165, 1.54) is 12.1 Å². The fraction of sp³-hybridized carbons (Fsp3) is 0.316. The summed E-state index contributed by atoms with van der Waals surface area (Å²) in [5.41, 5.74) is 0.739. The van der Waals surface area contributed by atoms with E-state index in [9.17, 15) is 18.0 Å². The van der Waals surface area contributed by atoms with E-state index in [0.717, 1.165) is 29.9 Å². The smallest absolute Gasteiger partial charge is 0.416 e. The predicted molar refractivity (Wildman–Crippen MR) is 92.4 cm³/mol. The highest BCUT2D eigenvalue weighted by molar-refractivity contribution is 5.89. The summed E-state index contributed by atoms with van der Waals surface area (Å²) in [6.45, 7) is 1.17. The maximum Gasteiger partial charge on any atom is 0.416 e. The lowest BCUT2D eigenvalue weighted by molar-refractivity contribution is -0.137. The van der Waals surface area contributed by atoms with Crippen molar-refractivity contribution in [2.45, 2.75) is 18.5 Å². The van der Waals surface area contributed by atoms with E-state index < -0.39 is 11.7 Å². The van der Waals surface area contributed by atoms with Crippen LogP contribution < -0.4 is 10.1 Å². The molecule has 1 atom stereocenters. The molecule has 0 aromatic heterocycles. The molecule has 2 amide bonds. The van der Waals surface area contributed by atoms with Gasteiger partial charge in [-0.1, -0.05) is 12.1 Å². The van der Waals surface area contributed by atoms with Crippen LogP contribution in [0.1, 0.15) is 23.5 Å². The van der Waals surface area contributed by atoms with Crippen LogP contribution >= 0.6 is 0 Å². The number of benzene rings is 2. The van der Waals surface area contributed by atoms with Gasteiger partial charge in [0.05, 0.1) is 12.7 Å². The van der Waals surface area contributed by atoms with E-state index in [2.05, 4.69) is 5.32 Å². The molecule has 1 saturated heterocycles. The minimum absolute atomic E-state index is 0.235. The Balaban J connectivity index is 1.59. The van der Waals surface area contributed by atoms with Crippen LogP contribution in [0.2, 0.25) is 0 Å². The number of carbonyl (C=O) groups excluding carboxylic acids is 1. The number of alkyl halides is 3. The second-order valence-corrected chi connectivity index (χ2v) is 6.21. The molecule has 1 aliphatic heterocycles. The molecule has 2 aromatic carbocycles. The average molecular weight is 364 g/mol. The zero-order valence-electron chi connectivity index (χ0n) is 14.2. The topological polar surface area (TPSA) is 41.6 Å². The first kappa shape index (κ1) is 18.1. The Morgan fingerprint density at radius 3 is 2.35 bits per heavy atom. The van der Waals surface area contributed by atoms with Crippen molar-refractivity contribution in [2.75, 3.05) is 25.5 Å². The first-order chi connectivity index (χ1) is 12.4. The van der Waals surface area contributed by atoms with Crippen LogP contribution in [0.25, 0.3) is 0 Å². The zero-order valence-corrected chi connectivity index (χ0v) is 14.2. The van der Waals surface area contributed by atoms with E-state index >= 15 is 0 Å². The Bertz CT molecular complexity index is 758. The molecule has 2 aromatic rings. The lowest BCUT2D eigenvalue weighted by Gasteiger charge is -2.18. The lowest BCUT2D eigenvalue weighted by Crippen LogP contribution is -2.32. The molecule has 0 spiro atoms. The van der Waals surface area contributed by atoms with Gasteiger partial charge in [-0.3, -0.25) is 0 Å². The number of hydrogen-bond donors (Lipinski definition) is 1. The fourth-order valence-electron chi connectivity index (χ4n) is 3.04. The average Bonchev–Trinajstić information content (AvgIpc) is 3.12. The van der Waals surface area contributed by atoms with E-state index in [1.54, 1.807) is 12.0 Å². The maximum absolute atomic E-state index is 12.6.